The monoisotopic (exact) mass is 1120 g/mol. The fourth-order valence-electron chi connectivity index (χ4n) is 10.6. The van der Waals surface area contributed by atoms with Gasteiger partial charge in [-0.3, -0.25) is 9.59 Å². The van der Waals surface area contributed by atoms with Gasteiger partial charge in [0.15, 0.2) is 12.4 Å². The number of rotatable bonds is 58. The Balaban J connectivity index is 2.56. The van der Waals surface area contributed by atoms with Crippen LogP contribution in [0.2, 0.25) is 0 Å². The van der Waals surface area contributed by atoms with Gasteiger partial charge in [0.1, 0.15) is 24.4 Å². The van der Waals surface area contributed by atoms with Gasteiger partial charge in [-0.15, -0.1) is 0 Å². The van der Waals surface area contributed by atoms with Crippen molar-refractivity contribution >= 4 is 11.9 Å². The maximum Gasteiger partial charge on any atom is 0.306 e. The van der Waals surface area contributed by atoms with Gasteiger partial charge in [-0.2, -0.15) is 0 Å². The van der Waals surface area contributed by atoms with Crippen LogP contribution in [-0.4, -0.2) is 99.6 Å². The Morgan fingerprint density at radius 1 is 0.481 bits per heavy atom. The molecule has 0 radical (unpaired) electrons. The zero-order valence-electron chi connectivity index (χ0n) is 51.5. The van der Waals surface area contributed by atoms with Crippen molar-refractivity contribution in [3.8, 4) is 0 Å². The molecule has 1 rings (SSSR count). The molecule has 0 aromatic heterocycles. The molecule has 464 valence electrons. The van der Waals surface area contributed by atoms with Gasteiger partial charge in [-0.05, 0) is 77.0 Å². The van der Waals surface area contributed by atoms with Gasteiger partial charge in [0.25, 0.3) is 0 Å². The molecule has 0 saturated carbocycles. The van der Waals surface area contributed by atoms with Crippen LogP contribution >= 0.6 is 0 Å². The van der Waals surface area contributed by atoms with Crippen LogP contribution in [0.25, 0.3) is 0 Å². The number of aliphatic hydroxyl groups excluding tert-OH is 5. The quantitative estimate of drug-likeness (QED) is 0.0195. The smallest absolute Gasteiger partial charge is 0.306 e. The predicted octanol–water partition coefficient (Wildman–Crippen LogP) is 16.6. The van der Waals surface area contributed by atoms with Crippen molar-refractivity contribution in [3.05, 3.63) is 36.5 Å². The van der Waals surface area contributed by atoms with Crippen LogP contribution in [0.5, 0.6) is 0 Å². The third-order valence-electron chi connectivity index (χ3n) is 16.0. The molecule has 1 fully saturated rings. The fraction of sp³-hybridized carbons (Fsp3) is 0.882. The molecule has 0 bridgehead atoms. The van der Waals surface area contributed by atoms with E-state index in [0.717, 1.165) is 57.8 Å². The molecule has 1 aliphatic heterocycles. The molecule has 8 atom stereocenters. The van der Waals surface area contributed by atoms with Crippen molar-refractivity contribution in [2.45, 2.75) is 372 Å². The molecule has 1 heterocycles. The first-order valence-electron chi connectivity index (χ1n) is 33.8. The van der Waals surface area contributed by atoms with E-state index in [2.05, 4.69) is 50.4 Å². The lowest BCUT2D eigenvalue weighted by molar-refractivity contribution is -0.305. The first-order chi connectivity index (χ1) is 38.7. The molecule has 1 aliphatic rings. The van der Waals surface area contributed by atoms with Crippen molar-refractivity contribution in [1.29, 1.82) is 0 Å². The van der Waals surface area contributed by atoms with Crippen LogP contribution in [0.1, 0.15) is 323 Å². The Morgan fingerprint density at radius 3 is 1.23 bits per heavy atom. The third-order valence-corrected chi connectivity index (χ3v) is 16.0. The van der Waals surface area contributed by atoms with Crippen molar-refractivity contribution in [2.24, 2.45) is 0 Å². The van der Waals surface area contributed by atoms with Crippen LogP contribution in [0.4, 0.5) is 0 Å². The molecule has 11 heteroatoms. The van der Waals surface area contributed by atoms with Gasteiger partial charge in [-0.1, -0.05) is 276 Å². The normalized spacial score (nSPS) is 19.0. The Morgan fingerprint density at radius 2 is 0.835 bits per heavy atom. The van der Waals surface area contributed by atoms with Gasteiger partial charge in [0.2, 0.25) is 5.91 Å². The topological polar surface area (TPSA) is 175 Å². The Hall–Kier alpha value is -2.12. The average molecular weight is 1120 g/mol. The maximum atomic E-state index is 13.4. The van der Waals surface area contributed by atoms with Crippen molar-refractivity contribution in [3.63, 3.8) is 0 Å². The van der Waals surface area contributed by atoms with Gasteiger partial charge >= 0.3 is 5.97 Å². The minimum absolute atomic E-state index is 0.125. The van der Waals surface area contributed by atoms with Crippen LogP contribution < -0.4 is 5.32 Å². The van der Waals surface area contributed by atoms with E-state index in [1.54, 1.807) is 6.08 Å². The summed E-state index contributed by atoms with van der Waals surface area (Å²) in [5, 5.41) is 57.0. The second-order valence-corrected chi connectivity index (χ2v) is 23.6. The van der Waals surface area contributed by atoms with E-state index in [0.29, 0.717) is 12.8 Å². The van der Waals surface area contributed by atoms with Crippen LogP contribution in [0.3, 0.4) is 0 Å². The largest absolute Gasteiger partial charge is 0.454 e. The number of unbranched alkanes of at least 4 members (excludes halogenated alkanes) is 40. The number of carbonyl (C=O) groups is 2. The standard InChI is InChI=1S/C68H127NO10/c1-4-7-10-13-16-19-22-25-26-27-28-29-30-31-32-33-34-35-36-38-41-44-47-50-53-56-63(73)79-66-65(75)64(74)62(57-70)78-68(66)77-58-59(60(71)54-51-48-45-42-39-24-21-18-15-12-9-6-3)69-67(76)61(72)55-52-49-46-43-40-37-23-20-17-14-11-8-5-2/h25-26,40,43,51,54,59-62,64-66,68,70-72,74-75H,4-24,27-39,41-42,44-50,52-53,55-58H2,1-3H3,(H,69,76)/b26-25+,43-40-,54-51+. The number of ether oxygens (including phenoxy) is 3. The van der Waals surface area contributed by atoms with Crippen LogP contribution in [-0.2, 0) is 23.8 Å². The summed E-state index contributed by atoms with van der Waals surface area (Å²) in [6, 6.07) is -1.03. The number of nitrogens with one attached hydrogen (secondary N) is 1. The van der Waals surface area contributed by atoms with Gasteiger partial charge < -0.3 is 45.1 Å². The summed E-state index contributed by atoms with van der Waals surface area (Å²) in [7, 11) is 0. The minimum atomic E-state index is -1.61. The summed E-state index contributed by atoms with van der Waals surface area (Å²) in [5.74, 6) is -1.20. The fourth-order valence-corrected chi connectivity index (χ4v) is 10.6. The lowest BCUT2D eigenvalue weighted by atomic mass is 9.99. The van der Waals surface area contributed by atoms with Crippen LogP contribution in [0, 0.1) is 0 Å². The molecule has 1 amide bonds. The van der Waals surface area contributed by atoms with Gasteiger partial charge in [-0.25, -0.2) is 0 Å². The van der Waals surface area contributed by atoms with E-state index in [9.17, 15) is 35.1 Å². The Bertz CT molecular complexity index is 1420. The van der Waals surface area contributed by atoms with Gasteiger partial charge in [0, 0.05) is 6.42 Å². The lowest BCUT2D eigenvalue weighted by Gasteiger charge is -2.41. The van der Waals surface area contributed by atoms with Gasteiger partial charge in [0.05, 0.1) is 25.4 Å². The number of esters is 1. The second-order valence-electron chi connectivity index (χ2n) is 23.6. The molecule has 1 saturated heterocycles. The number of carbonyl (C=O) groups excluding carboxylic acids is 2. The molecular formula is C68H127NO10. The number of hydrogen-bond donors (Lipinski definition) is 6. The summed E-state index contributed by atoms with van der Waals surface area (Å²) >= 11 is 0. The van der Waals surface area contributed by atoms with Crippen molar-refractivity contribution in [2.75, 3.05) is 13.2 Å². The zero-order valence-corrected chi connectivity index (χ0v) is 51.5. The molecule has 0 aromatic carbocycles. The van der Waals surface area contributed by atoms with Crippen molar-refractivity contribution in [1.82, 2.24) is 5.32 Å². The summed E-state index contributed by atoms with van der Waals surface area (Å²) in [4.78, 5) is 26.6. The summed E-state index contributed by atoms with van der Waals surface area (Å²) in [6.45, 7) is 5.80. The summed E-state index contributed by atoms with van der Waals surface area (Å²) < 4.78 is 17.7. The van der Waals surface area contributed by atoms with E-state index in [4.69, 9.17) is 14.2 Å². The van der Waals surface area contributed by atoms with Crippen molar-refractivity contribution < 1.29 is 49.3 Å². The summed E-state index contributed by atoms with van der Waals surface area (Å²) in [6.07, 6.45) is 57.7. The van der Waals surface area contributed by atoms with E-state index >= 15 is 0 Å². The molecule has 0 aromatic rings. The van der Waals surface area contributed by atoms with E-state index in [1.165, 1.54) is 218 Å². The van der Waals surface area contributed by atoms with E-state index < -0.39 is 67.4 Å². The average Bonchev–Trinajstić information content (AvgIpc) is 3.49. The number of aliphatic hydroxyl groups is 5. The lowest BCUT2D eigenvalue weighted by Crippen LogP contribution is -2.61. The first kappa shape index (κ1) is 74.9. The number of amides is 1. The van der Waals surface area contributed by atoms with E-state index in [-0.39, 0.29) is 19.4 Å². The highest BCUT2D eigenvalue weighted by Crippen LogP contribution is 2.26. The predicted molar refractivity (Wildman–Crippen MR) is 329 cm³/mol. The molecule has 11 nitrogen and oxygen atoms in total. The second kappa shape index (κ2) is 56.4. The molecule has 0 aliphatic carbocycles. The Labute approximate surface area is 485 Å². The maximum absolute atomic E-state index is 13.4. The van der Waals surface area contributed by atoms with E-state index in [1.807, 2.05) is 6.08 Å². The Kier molecular flexibility index (Phi) is 53.4. The molecule has 79 heavy (non-hydrogen) atoms. The number of allylic oxidation sites excluding steroid dienone is 5. The SMILES string of the molecule is CCCCCCCC/C=C/CCCCCCCCCCCCCCCCCC(=O)OC1C(OCC(NC(=O)C(O)CCCC/C=C\CCCCCCCCC)C(O)/C=C/CCCCCCCCCCCC)OC(CO)C(O)C1O. The molecule has 6 N–H and O–H groups in total. The molecule has 8 unspecified atom stereocenters. The third kappa shape index (κ3) is 44.1. The number of hydrogen-bond acceptors (Lipinski definition) is 10. The first-order valence-corrected chi connectivity index (χ1v) is 33.8. The highest BCUT2D eigenvalue weighted by Gasteiger charge is 2.47. The zero-order chi connectivity index (χ0) is 57.5. The minimum Gasteiger partial charge on any atom is -0.454 e. The summed E-state index contributed by atoms with van der Waals surface area (Å²) in [5.41, 5.74) is 0. The van der Waals surface area contributed by atoms with Crippen LogP contribution in [0.15, 0.2) is 36.5 Å². The highest BCUT2D eigenvalue weighted by molar-refractivity contribution is 5.80. The molecule has 0 spiro atoms. The molecular weight excluding hydrogens is 991 g/mol. The highest BCUT2D eigenvalue weighted by atomic mass is 16.7.